The van der Waals surface area contributed by atoms with E-state index in [1.54, 1.807) is 6.26 Å². The first kappa shape index (κ1) is 22.3. The number of ether oxygens (including phenoxy) is 1. The molecule has 0 aliphatic carbocycles. The van der Waals surface area contributed by atoms with Crippen LogP contribution in [0, 0.1) is 6.92 Å². The first-order valence-corrected chi connectivity index (χ1v) is 11.4. The van der Waals surface area contributed by atoms with E-state index >= 15 is 0 Å². The molecule has 3 heterocycles. The summed E-state index contributed by atoms with van der Waals surface area (Å²) in [6.07, 6.45) is 1.69. The summed E-state index contributed by atoms with van der Waals surface area (Å²) in [5.41, 5.74) is 2.15. The number of carbonyl (C=O) groups is 2. The lowest BCUT2D eigenvalue weighted by atomic mass is 10.0. The largest absolute Gasteiger partial charge is 0.468 e. The molecule has 7 nitrogen and oxygen atoms in total. The van der Waals surface area contributed by atoms with Crippen LogP contribution in [0.1, 0.15) is 21.0 Å². The van der Waals surface area contributed by atoms with E-state index in [0.717, 1.165) is 54.5 Å². The Hall–Kier alpha value is -2.94. The van der Waals surface area contributed by atoms with Gasteiger partial charge in [-0.3, -0.25) is 14.6 Å². The molecule has 32 heavy (non-hydrogen) atoms. The normalized spacial score (nSPS) is 14.9. The predicted octanol–water partition coefficient (Wildman–Crippen LogP) is 3.86. The minimum absolute atomic E-state index is 0.129. The van der Waals surface area contributed by atoms with Crippen LogP contribution in [-0.2, 0) is 16.1 Å². The second-order valence-corrected chi connectivity index (χ2v) is 9.00. The van der Waals surface area contributed by atoms with E-state index in [2.05, 4.69) is 15.1 Å². The van der Waals surface area contributed by atoms with Crippen LogP contribution in [-0.4, -0.2) is 61.5 Å². The average molecular weight is 454 g/mol. The van der Waals surface area contributed by atoms with Crippen molar-refractivity contribution in [3.8, 4) is 11.1 Å². The number of methoxy groups -OCH3 is 1. The molecule has 4 rings (SSSR count). The summed E-state index contributed by atoms with van der Waals surface area (Å²) >= 11 is 1.40. The minimum atomic E-state index is -0.449. The molecule has 1 N–H and O–H groups in total. The van der Waals surface area contributed by atoms with Crippen molar-refractivity contribution >= 4 is 28.2 Å². The number of nitrogens with one attached hydrogen (secondary N) is 1. The van der Waals surface area contributed by atoms with E-state index in [9.17, 15) is 9.59 Å². The van der Waals surface area contributed by atoms with Gasteiger partial charge in [-0.2, -0.15) is 0 Å². The number of carbonyl (C=O) groups excluding carboxylic acids is 2. The van der Waals surface area contributed by atoms with E-state index < -0.39 is 5.97 Å². The number of hydrogen-bond acceptors (Lipinski definition) is 7. The highest BCUT2D eigenvalue weighted by atomic mass is 32.1. The number of thiophene rings is 1. The van der Waals surface area contributed by atoms with Gasteiger partial charge < -0.3 is 14.5 Å². The van der Waals surface area contributed by atoms with Crippen molar-refractivity contribution in [3.05, 3.63) is 64.9 Å². The zero-order chi connectivity index (χ0) is 22.5. The Morgan fingerprint density at radius 3 is 2.44 bits per heavy atom. The highest BCUT2D eigenvalue weighted by Crippen LogP contribution is 2.40. The molecule has 1 fully saturated rings. The first-order valence-electron chi connectivity index (χ1n) is 10.6. The van der Waals surface area contributed by atoms with Gasteiger partial charge in [0, 0.05) is 36.6 Å². The van der Waals surface area contributed by atoms with Gasteiger partial charge >= 0.3 is 5.97 Å². The molecule has 0 atom stereocenters. The fourth-order valence-corrected chi connectivity index (χ4v) is 5.06. The Bertz CT molecular complexity index is 1050. The van der Waals surface area contributed by atoms with Crippen LogP contribution < -0.4 is 5.32 Å². The third-order valence-electron chi connectivity index (χ3n) is 5.58. The lowest BCUT2D eigenvalue weighted by molar-refractivity contribution is -0.117. The summed E-state index contributed by atoms with van der Waals surface area (Å²) in [7, 11) is 1.36. The van der Waals surface area contributed by atoms with Crippen LogP contribution >= 0.6 is 11.3 Å². The van der Waals surface area contributed by atoms with Crippen LogP contribution in [0.15, 0.2) is 53.1 Å². The topological polar surface area (TPSA) is 75.0 Å². The molecule has 2 aromatic heterocycles. The highest BCUT2D eigenvalue weighted by molar-refractivity contribution is 7.17. The van der Waals surface area contributed by atoms with E-state index in [0.29, 0.717) is 10.6 Å². The zero-order valence-corrected chi connectivity index (χ0v) is 19.1. The van der Waals surface area contributed by atoms with Crippen molar-refractivity contribution in [2.24, 2.45) is 0 Å². The molecule has 1 amide bonds. The van der Waals surface area contributed by atoms with Crippen molar-refractivity contribution < 1.29 is 18.7 Å². The Morgan fingerprint density at radius 1 is 1.06 bits per heavy atom. The summed E-state index contributed by atoms with van der Waals surface area (Å²) in [5.74, 6) is 0.374. The Morgan fingerprint density at radius 2 is 1.78 bits per heavy atom. The number of aryl methyl sites for hydroxylation is 1. The van der Waals surface area contributed by atoms with Gasteiger partial charge in [-0.1, -0.05) is 30.3 Å². The van der Waals surface area contributed by atoms with E-state index in [4.69, 9.17) is 9.15 Å². The number of hydrogen-bond donors (Lipinski definition) is 1. The SMILES string of the molecule is COC(=O)c1c(NC(=O)CN2CCN(Cc3ccco3)CC2)sc(C)c1-c1ccccc1. The molecule has 0 radical (unpaired) electrons. The van der Waals surface area contributed by atoms with Gasteiger partial charge in [-0.15, -0.1) is 11.3 Å². The molecule has 1 saturated heterocycles. The van der Waals surface area contributed by atoms with Crippen LogP contribution in [0.5, 0.6) is 0 Å². The van der Waals surface area contributed by atoms with Gasteiger partial charge in [0.1, 0.15) is 16.3 Å². The summed E-state index contributed by atoms with van der Waals surface area (Å²) in [6, 6.07) is 13.6. The van der Waals surface area contributed by atoms with Crippen molar-refractivity contribution in [3.63, 3.8) is 0 Å². The fourth-order valence-electron chi connectivity index (χ4n) is 3.98. The smallest absolute Gasteiger partial charge is 0.341 e. The number of benzene rings is 1. The maximum Gasteiger partial charge on any atom is 0.341 e. The number of nitrogens with zero attached hydrogens (tertiary/aromatic N) is 2. The standard InChI is InChI=1S/C24H27N3O4S/c1-17-21(18-7-4-3-5-8-18)22(24(29)30-2)23(32-17)25-20(28)16-27-12-10-26(11-13-27)15-19-9-6-14-31-19/h3-9,14H,10-13,15-16H2,1-2H3,(H,25,28). The summed E-state index contributed by atoms with van der Waals surface area (Å²) in [4.78, 5) is 30.8. The van der Waals surface area contributed by atoms with E-state index in [1.807, 2.05) is 49.4 Å². The molecule has 0 saturated carbocycles. The number of anilines is 1. The van der Waals surface area contributed by atoms with E-state index in [-0.39, 0.29) is 12.5 Å². The van der Waals surface area contributed by atoms with Crippen molar-refractivity contribution in [2.75, 3.05) is 45.2 Å². The maximum atomic E-state index is 12.8. The molecule has 0 bridgehead atoms. The number of esters is 1. The lowest BCUT2D eigenvalue weighted by Gasteiger charge is -2.33. The highest BCUT2D eigenvalue weighted by Gasteiger charge is 2.26. The minimum Gasteiger partial charge on any atom is -0.468 e. The summed E-state index contributed by atoms with van der Waals surface area (Å²) in [5, 5.41) is 3.50. The number of amides is 1. The van der Waals surface area contributed by atoms with Crippen LogP contribution in [0.25, 0.3) is 11.1 Å². The molecule has 1 aliphatic heterocycles. The summed E-state index contributed by atoms with van der Waals surface area (Å²) in [6.45, 7) is 6.37. The predicted molar refractivity (Wildman–Crippen MR) is 125 cm³/mol. The Balaban J connectivity index is 1.41. The Labute approximate surface area is 191 Å². The van der Waals surface area contributed by atoms with E-state index in [1.165, 1.54) is 18.4 Å². The lowest BCUT2D eigenvalue weighted by Crippen LogP contribution is -2.48. The van der Waals surface area contributed by atoms with Crippen molar-refractivity contribution in [1.82, 2.24) is 9.80 Å². The third kappa shape index (κ3) is 5.09. The van der Waals surface area contributed by atoms with Gasteiger partial charge in [0.2, 0.25) is 5.91 Å². The molecular formula is C24H27N3O4S. The molecule has 0 spiro atoms. The number of furan rings is 1. The monoisotopic (exact) mass is 453 g/mol. The zero-order valence-electron chi connectivity index (χ0n) is 18.3. The molecule has 1 aliphatic rings. The second kappa shape index (κ2) is 10.1. The third-order valence-corrected chi connectivity index (χ3v) is 6.60. The molecule has 0 unspecified atom stereocenters. The van der Waals surface area contributed by atoms with Gasteiger partial charge in [0.25, 0.3) is 0 Å². The fraction of sp³-hybridized carbons (Fsp3) is 0.333. The molecular weight excluding hydrogens is 426 g/mol. The van der Waals surface area contributed by atoms with Gasteiger partial charge in [-0.25, -0.2) is 4.79 Å². The average Bonchev–Trinajstić information content (AvgIpc) is 3.42. The van der Waals surface area contributed by atoms with Crippen LogP contribution in [0.2, 0.25) is 0 Å². The second-order valence-electron chi connectivity index (χ2n) is 7.77. The quantitative estimate of drug-likeness (QED) is 0.548. The van der Waals surface area contributed by atoms with Gasteiger partial charge in [-0.05, 0) is 24.6 Å². The van der Waals surface area contributed by atoms with Gasteiger partial charge in [0.15, 0.2) is 0 Å². The Kier molecular flexibility index (Phi) is 7.04. The number of rotatable bonds is 7. The molecule has 8 heteroatoms. The molecule has 168 valence electrons. The maximum absolute atomic E-state index is 12.8. The first-order chi connectivity index (χ1) is 15.5. The van der Waals surface area contributed by atoms with Crippen LogP contribution in [0.3, 0.4) is 0 Å². The molecule has 3 aromatic rings. The van der Waals surface area contributed by atoms with Crippen LogP contribution in [0.4, 0.5) is 5.00 Å². The summed E-state index contributed by atoms with van der Waals surface area (Å²) < 4.78 is 10.5. The van der Waals surface area contributed by atoms with Crippen molar-refractivity contribution in [2.45, 2.75) is 13.5 Å². The van der Waals surface area contributed by atoms with Crippen molar-refractivity contribution in [1.29, 1.82) is 0 Å². The number of piperazine rings is 1. The molecule has 1 aromatic carbocycles. The van der Waals surface area contributed by atoms with Gasteiger partial charge in [0.05, 0.1) is 26.5 Å².